The summed E-state index contributed by atoms with van der Waals surface area (Å²) < 4.78 is 20.1. The quantitative estimate of drug-likeness (QED) is 0.713. The van der Waals surface area contributed by atoms with Crippen LogP contribution in [0.4, 0.5) is 4.39 Å². The molecule has 0 aliphatic carbocycles. The van der Waals surface area contributed by atoms with Gasteiger partial charge < -0.3 is 15.4 Å². The molecule has 0 aromatic heterocycles. The highest BCUT2D eigenvalue weighted by Crippen LogP contribution is 2.46. The molecule has 2 N–H and O–H groups in total. The van der Waals surface area contributed by atoms with Gasteiger partial charge in [0, 0.05) is 16.5 Å². The van der Waals surface area contributed by atoms with Gasteiger partial charge in [0.2, 0.25) is 0 Å². The predicted molar refractivity (Wildman–Crippen MR) is 94.1 cm³/mol. The van der Waals surface area contributed by atoms with E-state index in [-0.39, 0.29) is 11.7 Å². The number of halogens is 2. The fourth-order valence-electron chi connectivity index (χ4n) is 3.21. The van der Waals surface area contributed by atoms with Gasteiger partial charge in [-0.05, 0) is 48.1 Å². The minimum atomic E-state index is -0.993. The van der Waals surface area contributed by atoms with Crippen molar-refractivity contribution >= 4 is 39.2 Å². The molecule has 2 atom stereocenters. The van der Waals surface area contributed by atoms with Crippen LogP contribution in [0.15, 0.2) is 46.9 Å². The van der Waals surface area contributed by atoms with E-state index in [2.05, 4.69) is 26.6 Å². The summed E-state index contributed by atoms with van der Waals surface area (Å²) in [6.45, 7) is 0. The molecular formula is C17H12BrFN2O2S. The summed E-state index contributed by atoms with van der Waals surface area (Å²) in [7, 11) is 0. The first-order valence-corrected chi connectivity index (χ1v) is 8.54. The van der Waals surface area contributed by atoms with E-state index in [1.807, 2.05) is 18.2 Å². The zero-order valence-electron chi connectivity index (χ0n) is 12.3. The lowest BCUT2D eigenvalue weighted by Crippen LogP contribution is -2.48. The van der Waals surface area contributed by atoms with Gasteiger partial charge in [-0.15, -0.1) is 0 Å². The Labute approximate surface area is 151 Å². The third-order valence-electron chi connectivity index (χ3n) is 4.35. The molecule has 2 heterocycles. The van der Waals surface area contributed by atoms with Gasteiger partial charge >= 0.3 is 0 Å². The number of hydrogen-bond acceptors (Lipinski definition) is 3. The van der Waals surface area contributed by atoms with Gasteiger partial charge in [-0.1, -0.05) is 28.1 Å². The summed E-state index contributed by atoms with van der Waals surface area (Å²) in [6, 6.07) is 11.6. The number of rotatable bonds is 1. The lowest BCUT2D eigenvalue weighted by atomic mass is 9.80. The number of carbonyl (C=O) groups is 1. The van der Waals surface area contributed by atoms with Crippen LogP contribution in [0.5, 0.6) is 5.75 Å². The van der Waals surface area contributed by atoms with Crippen LogP contribution < -0.4 is 15.4 Å². The maximum Gasteiger partial charge on any atom is 0.256 e. The molecule has 0 radical (unpaired) electrons. The molecule has 122 valence electrons. The Morgan fingerprint density at radius 2 is 2.00 bits per heavy atom. The highest BCUT2D eigenvalue weighted by Gasteiger charge is 2.52. The molecule has 4 rings (SSSR count). The number of thiocarbonyl (C=S) groups is 1. The van der Waals surface area contributed by atoms with Gasteiger partial charge in [0.25, 0.3) is 5.91 Å². The Kier molecular flexibility index (Phi) is 3.58. The molecule has 0 bridgehead atoms. The topological polar surface area (TPSA) is 50.4 Å². The molecule has 2 unspecified atom stereocenters. The van der Waals surface area contributed by atoms with E-state index in [1.54, 1.807) is 12.1 Å². The van der Waals surface area contributed by atoms with E-state index in [1.165, 1.54) is 12.1 Å². The van der Waals surface area contributed by atoms with Crippen molar-refractivity contribution in [1.29, 1.82) is 0 Å². The number of carbonyl (C=O) groups excluding carboxylic acids is 1. The van der Waals surface area contributed by atoms with Gasteiger partial charge in [-0.25, -0.2) is 4.39 Å². The molecule has 1 amide bonds. The zero-order chi connectivity index (χ0) is 16.9. The normalized spacial score (nSPS) is 25.0. The highest BCUT2D eigenvalue weighted by molar-refractivity contribution is 9.10. The molecule has 1 fully saturated rings. The van der Waals surface area contributed by atoms with Crippen molar-refractivity contribution in [2.45, 2.75) is 18.1 Å². The third-order valence-corrected chi connectivity index (χ3v) is 5.04. The van der Waals surface area contributed by atoms with Crippen molar-refractivity contribution in [1.82, 2.24) is 10.6 Å². The van der Waals surface area contributed by atoms with Gasteiger partial charge in [0.15, 0.2) is 10.7 Å². The molecule has 7 heteroatoms. The molecule has 4 nitrogen and oxygen atoms in total. The van der Waals surface area contributed by atoms with Crippen molar-refractivity contribution in [3.63, 3.8) is 0 Å². The third kappa shape index (κ3) is 2.39. The monoisotopic (exact) mass is 406 g/mol. The predicted octanol–water partition coefficient (Wildman–Crippen LogP) is 3.31. The van der Waals surface area contributed by atoms with Gasteiger partial charge in [-0.3, -0.25) is 4.79 Å². The van der Waals surface area contributed by atoms with E-state index >= 15 is 0 Å². The molecule has 2 aliphatic rings. The van der Waals surface area contributed by atoms with Crippen LogP contribution >= 0.6 is 28.1 Å². The van der Waals surface area contributed by atoms with E-state index in [9.17, 15) is 9.18 Å². The van der Waals surface area contributed by atoms with Crippen molar-refractivity contribution < 1.29 is 13.9 Å². The van der Waals surface area contributed by atoms with Gasteiger partial charge in [0.1, 0.15) is 17.7 Å². The van der Waals surface area contributed by atoms with Crippen molar-refractivity contribution in [3.8, 4) is 5.75 Å². The van der Waals surface area contributed by atoms with E-state index < -0.39 is 11.6 Å². The molecule has 0 saturated carbocycles. The number of ether oxygens (including phenoxy) is 1. The standard InChI is InChI=1S/C17H12BrFN2O2S/c18-10-3-6-13-12(7-10)17(15(22)20-16(24)21-17)8-14(23-13)9-1-4-11(19)5-2-9/h1-7,14H,8H2,(H2,20,21,22,24). The smallest absolute Gasteiger partial charge is 0.256 e. The van der Waals surface area contributed by atoms with Crippen molar-refractivity contribution in [2.24, 2.45) is 0 Å². The van der Waals surface area contributed by atoms with E-state index in [4.69, 9.17) is 17.0 Å². The summed E-state index contributed by atoms with van der Waals surface area (Å²) in [5.41, 5.74) is 0.539. The lowest BCUT2D eigenvalue weighted by Gasteiger charge is -2.38. The Morgan fingerprint density at radius 1 is 1.25 bits per heavy atom. The Bertz CT molecular complexity index is 858. The van der Waals surface area contributed by atoms with Crippen LogP contribution in [0.25, 0.3) is 0 Å². The second kappa shape index (κ2) is 5.53. The maximum absolute atomic E-state index is 13.2. The minimum Gasteiger partial charge on any atom is -0.485 e. The van der Waals surface area contributed by atoms with Crippen LogP contribution in [0.3, 0.4) is 0 Å². The Balaban J connectivity index is 1.84. The molecule has 2 aromatic carbocycles. The van der Waals surface area contributed by atoms with E-state index in [0.29, 0.717) is 17.3 Å². The second-order valence-corrected chi connectivity index (χ2v) is 7.14. The zero-order valence-corrected chi connectivity index (χ0v) is 14.7. The first-order valence-electron chi connectivity index (χ1n) is 7.34. The largest absolute Gasteiger partial charge is 0.485 e. The summed E-state index contributed by atoms with van der Waals surface area (Å²) in [5, 5.41) is 6.08. The Hall–Kier alpha value is -1.99. The molecule has 1 saturated heterocycles. The van der Waals surface area contributed by atoms with Crippen LogP contribution in [-0.2, 0) is 10.3 Å². The van der Waals surface area contributed by atoms with Gasteiger partial charge in [0.05, 0.1) is 0 Å². The van der Waals surface area contributed by atoms with Gasteiger partial charge in [-0.2, -0.15) is 0 Å². The molecule has 24 heavy (non-hydrogen) atoms. The van der Waals surface area contributed by atoms with Crippen molar-refractivity contribution in [2.75, 3.05) is 0 Å². The molecular weight excluding hydrogens is 395 g/mol. The number of nitrogens with one attached hydrogen (secondary N) is 2. The molecule has 2 aliphatic heterocycles. The number of amides is 1. The van der Waals surface area contributed by atoms with Crippen LogP contribution in [0.1, 0.15) is 23.7 Å². The summed E-state index contributed by atoms with van der Waals surface area (Å²) in [4.78, 5) is 12.7. The number of benzene rings is 2. The lowest BCUT2D eigenvalue weighted by molar-refractivity contribution is -0.126. The number of fused-ring (bicyclic) bond motifs is 2. The second-order valence-electron chi connectivity index (χ2n) is 5.82. The fraction of sp³-hybridized carbons (Fsp3) is 0.176. The minimum absolute atomic E-state index is 0.206. The first kappa shape index (κ1) is 15.5. The first-order chi connectivity index (χ1) is 11.5. The average Bonchev–Trinajstić information content (AvgIpc) is 2.83. The molecule has 1 spiro atoms. The van der Waals surface area contributed by atoms with Crippen LogP contribution in [0.2, 0.25) is 0 Å². The summed E-state index contributed by atoms with van der Waals surface area (Å²) >= 11 is 8.57. The van der Waals surface area contributed by atoms with Crippen LogP contribution in [0, 0.1) is 5.82 Å². The van der Waals surface area contributed by atoms with E-state index in [0.717, 1.165) is 15.6 Å². The Morgan fingerprint density at radius 3 is 2.67 bits per heavy atom. The number of hydrogen-bond donors (Lipinski definition) is 2. The summed E-state index contributed by atoms with van der Waals surface area (Å²) in [6.07, 6.45) is -0.0351. The van der Waals surface area contributed by atoms with Crippen LogP contribution in [-0.4, -0.2) is 11.0 Å². The maximum atomic E-state index is 13.2. The fourth-order valence-corrected chi connectivity index (χ4v) is 3.84. The van der Waals surface area contributed by atoms with Crippen molar-refractivity contribution in [3.05, 3.63) is 63.9 Å². The highest BCUT2D eigenvalue weighted by atomic mass is 79.9. The molecule has 2 aromatic rings. The summed E-state index contributed by atoms with van der Waals surface area (Å²) in [5.74, 6) is 0.0832. The average molecular weight is 407 g/mol. The SMILES string of the molecule is O=C1NC(=S)NC12CC(c1ccc(F)cc1)Oc1ccc(Br)cc12.